The summed E-state index contributed by atoms with van der Waals surface area (Å²) in [6.07, 6.45) is 1.42. The monoisotopic (exact) mass is 408 g/mol. The second-order valence-corrected chi connectivity index (χ2v) is 5.97. The summed E-state index contributed by atoms with van der Waals surface area (Å²) in [4.78, 5) is 19.1. The normalized spacial score (nSPS) is 10.4. The van der Waals surface area contributed by atoms with Crippen molar-refractivity contribution >= 4 is 50.3 Å². The minimum atomic E-state index is -0.104. The fraction of sp³-hybridized carbons (Fsp3) is 0. The van der Waals surface area contributed by atoms with Crippen molar-refractivity contribution in [1.29, 1.82) is 0 Å². The van der Waals surface area contributed by atoms with Crippen molar-refractivity contribution in [2.45, 2.75) is 9.92 Å². The Morgan fingerprint density at radius 1 is 1.44 bits per heavy atom. The maximum Gasteiger partial charge on any atom is 0.265 e. The Bertz CT molecular complexity index is 573. The topological polar surface area (TPSA) is 45.8 Å². The number of hydrogen-bond donors (Lipinski definition) is 1. The number of rotatable bonds is 2. The molecule has 0 fully saturated rings. The fourth-order valence-corrected chi connectivity index (χ4v) is 3.10. The summed E-state index contributed by atoms with van der Waals surface area (Å²) in [6.45, 7) is 0. The molecule has 1 N–H and O–H groups in total. The number of nitrogens with zero attached hydrogens (tertiary/aromatic N) is 1. The quantitative estimate of drug-likeness (QED) is 0.612. The van der Waals surface area contributed by atoms with Crippen molar-refractivity contribution in [2.75, 3.05) is 0 Å². The Labute approximate surface area is 118 Å². The molecule has 1 heterocycles. The molecule has 0 aliphatic rings. The second kappa shape index (κ2) is 5.33. The van der Waals surface area contributed by atoms with Crippen molar-refractivity contribution in [3.05, 3.63) is 49.0 Å². The standard InChI is InChI=1S/C10H6BrIN2OS/c11-6-2-1-3-7(4-6)16-10-8(12)9(15)13-5-14-10/h1-5H,(H,13,14,15). The lowest BCUT2D eigenvalue weighted by atomic mass is 10.4. The Hall–Kier alpha value is -0.340. The van der Waals surface area contributed by atoms with Crippen LogP contribution >= 0.6 is 50.3 Å². The van der Waals surface area contributed by atoms with Crippen LogP contribution in [-0.2, 0) is 0 Å². The van der Waals surface area contributed by atoms with E-state index in [-0.39, 0.29) is 5.56 Å². The molecule has 2 rings (SSSR count). The molecule has 2 aromatic rings. The van der Waals surface area contributed by atoms with E-state index in [0.717, 1.165) is 14.4 Å². The van der Waals surface area contributed by atoms with Gasteiger partial charge in [-0.15, -0.1) is 0 Å². The van der Waals surface area contributed by atoms with Gasteiger partial charge in [0.1, 0.15) is 8.60 Å². The number of benzene rings is 1. The van der Waals surface area contributed by atoms with Gasteiger partial charge in [-0.2, -0.15) is 0 Å². The first-order chi connectivity index (χ1) is 7.66. The van der Waals surface area contributed by atoms with Gasteiger partial charge in [0, 0.05) is 9.37 Å². The number of aromatic amines is 1. The zero-order valence-electron chi connectivity index (χ0n) is 7.91. The van der Waals surface area contributed by atoms with Gasteiger partial charge in [-0.05, 0) is 40.8 Å². The average molecular weight is 409 g/mol. The number of aromatic nitrogens is 2. The minimum absolute atomic E-state index is 0.104. The Morgan fingerprint density at radius 3 is 3.00 bits per heavy atom. The van der Waals surface area contributed by atoms with Crippen molar-refractivity contribution in [1.82, 2.24) is 9.97 Å². The fourth-order valence-electron chi connectivity index (χ4n) is 1.08. The molecule has 0 unspecified atom stereocenters. The van der Waals surface area contributed by atoms with Crippen molar-refractivity contribution < 1.29 is 0 Å². The van der Waals surface area contributed by atoms with E-state index >= 15 is 0 Å². The van der Waals surface area contributed by atoms with Gasteiger partial charge in [0.15, 0.2) is 0 Å². The van der Waals surface area contributed by atoms with Gasteiger partial charge in [-0.1, -0.05) is 33.8 Å². The summed E-state index contributed by atoms with van der Waals surface area (Å²) < 4.78 is 1.63. The maximum absolute atomic E-state index is 11.4. The summed E-state index contributed by atoms with van der Waals surface area (Å²) in [6, 6.07) is 7.88. The second-order valence-electron chi connectivity index (χ2n) is 2.91. The molecule has 0 amide bonds. The van der Waals surface area contributed by atoms with E-state index in [1.165, 1.54) is 18.1 Å². The molecule has 0 saturated heterocycles. The smallest absolute Gasteiger partial charge is 0.265 e. The number of hydrogen-bond acceptors (Lipinski definition) is 3. The molecule has 1 aromatic carbocycles. The van der Waals surface area contributed by atoms with Crippen molar-refractivity contribution in [3.8, 4) is 0 Å². The maximum atomic E-state index is 11.4. The minimum Gasteiger partial charge on any atom is -0.312 e. The molecule has 3 nitrogen and oxygen atoms in total. The van der Waals surface area contributed by atoms with E-state index < -0.39 is 0 Å². The van der Waals surface area contributed by atoms with Crippen LogP contribution in [0.5, 0.6) is 0 Å². The number of nitrogens with one attached hydrogen (secondary N) is 1. The lowest BCUT2D eigenvalue weighted by Crippen LogP contribution is -2.10. The summed E-state index contributed by atoms with van der Waals surface area (Å²) in [5.41, 5.74) is -0.104. The van der Waals surface area contributed by atoms with Crippen LogP contribution in [0.1, 0.15) is 0 Å². The molecule has 0 radical (unpaired) electrons. The molecule has 1 aromatic heterocycles. The van der Waals surface area contributed by atoms with Crippen LogP contribution in [-0.4, -0.2) is 9.97 Å². The SMILES string of the molecule is O=c1[nH]cnc(Sc2cccc(Br)c2)c1I. The van der Waals surface area contributed by atoms with Crippen LogP contribution in [0.4, 0.5) is 0 Å². The molecule has 0 spiro atoms. The van der Waals surface area contributed by atoms with Gasteiger partial charge in [0.25, 0.3) is 5.56 Å². The van der Waals surface area contributed by atoms with E-state index in [0.29, 0.717) is 3.57 Å². The molecular weight excluding hydrogens is 403 g/mol. The van der Waals surface area contributed by atoms with Crippen molar-refractivity contribution in [2.24, 2.45) is 0 Å². The zero-order chi connectivity index (χ0) is 11.5. The average Bonchev–Trinajstić information content (AvgIpc) is 2.25. The highest BCUT2D eigenvalue weighted by molar-refractivity contribution is 14.1. The van der Waals surface area contributed by atoms with Crippen LogP contribution in [0, 0.1) is 3.57 Å². The van der Waals surface area contributed by atoms with Crippen LogP contribution in [0.3, 0.4) is 0 Å². The summed E-state index contributed by atoms with van der Waals surface area (Å²) in [5.74, 6) is 0. The van der Waals surface area contributed by atoms with Gasteiger partial charge in [-0.3, -0.25) is 4.79 Å². The van der Waals surface area contributed by atoms with E-state index in [1.54, 1.807) is 0 Å². The first-order valence-corrected chi connectivity index (χ1v) is 7.02. The first kappa shape index (κ1) is 12.1. The first-order valence-electron chi connectivity index (χ1n) is 4.33. The molecule has 0 atom stereocenters. The lowest BCUT2D eigenvalue weighted by Gasteiger charge is -2.02. The molecule has 6 heteroatoms. The van der Waals surface area contributed by atoms with Crippen LogP contribution in [0.25, 0.3) is 0 Å². The van der Waals surface area contributed by atoms with Gasteiger partial charge < -0.3 is 4.98 Å². The predicted molar refractivity (Wildman–Crippen MR) is 75.8 cm³/mol. The van der Waals surface area contributed by atoms with Gasteiger partial charge in [-0.25, -0.2) is 4.98 Å². The van der Waals surface area contributed by atoms with E-state index in [2.05, 4.69) is 25.9 Å². The number of H-pyrrole nitrogens is 1. The summed E-state index contributed by atoms with van der Waals surface area (Å²) in [5, 5.41) is 0.724. The van der Waals surface area contributed by atoms with E-state index in [4.69, 9.17) is 0 Å². The highest BCUT2D eigenvalue weighted by atomic mass is 127. The Balaban J connectivity index is 2.34. The zero-order valence-corrected chi connectivity index (χ0v) is 12.5. The van der Waals surface area contributed by atoms with Crippen molar-refractivity contribution in [3.63, 3.8) is 0 Å². The van der Waals surface area contributed by atoms with Gasteiger partial charge >= 0.3 is 0 Å². The van der Waals surface area contributed by atoms with Crippen LogP contribution in [0.15, 0.2) is 49.8 Å². The Morgan fingerprint density at radius 2 is 2.25 bits per heavy atom. The summed E-state index contributed by atoms with van der Waals surface area (Å²) >= 11 is 6.88. The third-order valence-electron chi connectivity index (χ3n) is 1.78. The van der Waals surface area contributed by atoms with Gasteiger partial charge in [0.05, 0.1) is 6.33 Å². The van der Waals surface area contributed by atoms with Crippen LogP contribution < -0.4 is 5.56 Å². The van der Waals surface area contributed by atoms with Gasteiger partial charge in [0.2, 0.25) is 0 Å². The molecule has 16 heavy (non-hydrogen) atoms. The third-order valence-corrected chi connectivity index (χ3v) is 4.63. The lowest BCUT2D eigenvalue weighted by molar-refractivity contribution is 0.987. The largest absolute Gasteiger partial charge is 0.312 e. The highest BCUT2D eigenvalue weighted by Gasteiger charge is 2.07. The van der Waals surface area contributed by atoms with E-state index in [1.807, 2.05) is 46.9 Å². The molecule has 0 saturated carbocycles. The Kier molecular flexibility index (Phi) is 4.04. The number of halogens is 2. The molecule has 0 aliphatic carbocycles. The molecule has 82 valence electrons. The molecule has 0 aliphatic heterocycles. The predicted octanol–water partition coefficient (Wildman–Crippen LogP) is 3.29. The summed E-state index contributed by atoms with van der Waals surface area (Å²) in [7, 11) is 0. The molecule has 0 bridgehead atoms. The van der Waals surface area contributed by atoms with Crippen LogP contribution in [0.2, 0.25) is 0 Å². The van der Waals surface area contributed by atoms with E-state index in [9.17, 15) is 4.79 Å². The third kappa shape index (κ3) is 2.86. The highest BCUT2D eigenvalue weighted by Crippen LogP contribution is 2.29. The molecular formula is C10H6BrIN2OS.